The van der Waals surface area contributed by atoms with E-state index in [9.17, 15) is 4.79 Å². The zero-order chi connectivity index (χ0) is 11.7. The van der Waals surface area contributed by atoms with Crippen molar-refractivity contribution in [2.75, 3.05) is 0 Å². The standard InChI is InChI=1S/C13H14N2OS/c16-13(8-10-4-2-6-17-10)15-14-12-7-9-3-1-5-11(9)12/h1-4,6,9,11H,5,7-8H2,(H,15,16)/b14-12+. The molecule has 1 fully saturated rings. The van der Waals surface area contributed by atoms with E-state index in [0.29, 0.717) is 18.3 Å². The van der Waals surface area contributed by atoms with Crippen LogP contribution in [0.15, 0.2) is 34.8 Å². The van der Waals surface area contributed by atoms with Gasteiger partial charge in [0.2, 0.25) is 5.91 Å². The molecule has 1 aromatic heterocycles. The molecule has 1 amide bonds. The highest BCUT2D eigenvalue weighted by Gasteiger charge is 2.37. The Labute approximate surface area is 104 Å². The molecular weight excluding hydrogens is 232 g/mol. The van der Waals surface area contributed by atoms with Crippen LogP contribution in [-0.4, -0.2) is 11.6 Å². The second-order valence-corrected chi connectivity index (χ2v) is 5.56. The van der Waals surface area contributed by atoms with Gasteiger partial charge in [-0.3, -0.25) is 4.79 Å². The number of nitrogens with zero attached hydrogens (tertiary/aromatic N) is 1. The molecule has 2 atom stereocenters. The Kier molecular flexibility index (Phi) is 2.81. The van der Waals surface area contributed by atoms with Gasteiger partial charge in [-0.05, 0) is 30.2 Å². The minimum Gasteiger partial charge on any atom is -0.273 e. The number of carbonyl (C=O) groups excluding carboxylic acids is 1. The molecule has 2 aliphatic rings. The summed E-state index contributed by atoms with van der Waals surface area (Å²) in [6, 6.07) is 3.93. The van der Waals surface area contributed by atoms with Crippen molar-refractivity contribution < 1.29 is 4.79 Å². The average molecular weight is 246 g/mol. The number of hydrogen-bond acceptors (Lipinski definition) is 3. The van der Waals surface area contributed by atoms with Crippen molar-refractivity contribution in [3.8, 4) is 0 Å². The highest BCUT2D eigenvalue weighted by Crippen LogP contribution is 2.39. The van der Waals surface area contributed by atoms with E-state index in [2.05, 4.69) is 22.7 Å². The first-order chi connectivity index (χ1) is 8.33. The topological polar surface area (TPSA) is 41.5 Å². The zero-order valence-electron chi connectivity index (χ0n) is 9.43. The van der Waals surface area contributed by atoms with Crippen molar-refractivity contribution in [2.45, 2.75) is 19.3 Å². The van der Waals surface area contributed by atoms with E-state index < -0.39 is 0 Å². The van der Waals surface area contributed by atoms with Gasteiger partial charge in [0.05, 0.1) is 6.42 Å². The summed E-state index contributed by atoms with van der Waals surface area (Å²) in [6.07, 6.45) is 7.01. The summed E-state index contributed by atoms with van der Waals surface area (Å²) in [7, 11) is 0. The number of rotatable bonds is 3. The number of carbonyl (C=O) groups is 1. The highest BCUT2D eigenvalue weighted by molar-refractivity contribution is 7.10. The normalized spacial score (nSPS) is 27.9. The molecule has 1 saturated carbocycles. The molecule has 1 aromatic rings. The van der Waals surface area contributed by atoms with Crippen molar-refractivity contribution in [1.29, 1.82) is 0 Å². The third-order valence-corrected chi connectivity index (χ3v) is 4.28. The third kappa shape index (κ3) is 2.17. The Morgan fingerprint density at radius 2 is 2.53 bits per heavy atom. The maximum absolute atomic E-state index is 11.6. The van der Waals surface area contributed by atoms with Gasteiger partial charge in [0.15, 0.2) is 0 Å². The molecule has 0 radical (unpaired) electrons. The van der Waals surface area contributed by atoms with Crippen LogP contribution in [0.4, 0.5) is 0 Å². The second kappa shape index (κ2) is 4.45. The largest absolute Gasteiger partial charge is 0.273 e. The summed E-state index contributed by atoms with van der Waals surface area (Å²) >= 11 is 1.60. The van der Waals surface area contributed by atoms with Crippen LogP contribution in [0.25, 0.3) is 0 Å². The smallest absolute Gasteiger partial charge is 0.245 e. The number of hydrogen-bond donors (Lipinski definition) is 1. The van der Waals surface area contributed by atoms with Gasteiger partial charge < -0.3 is 0 Å². The van der Waals surface area contributed by atoms with E-state index in [4.69, 9.17) is 0 Å². The summed E-state index contributed by atoms with van der Waals surface area (Å²) in [5, 5.41) is 6.22. The summed E-state index contributed by atoms with van der Waals surface area (Å²) in [5.74, 6) is 1.23. The van der Waals surface area contributed by atoms with Crippen LogP contribution in [0.2, 0.25) is 0 Å². The fourth-order valence-corrected chi connectivity index (χ4v) is 3.11. The van der Waals surface area contributed by atoms with Crippen LogP contribution in [0.3, 0.4) is 0 Å². The van der Waals surface area contributed by atoms with E-state index in [1.54, 1.807) is 11.3 Å². The molecule has 0 aliphatic heterocycles. The molecule has 17 heavy (non-hydrogen) atoms. The lowest BCUT2D eigenvalue weighted by Crippen LogP contribution is -2.35. The molecule has 0 spiro atoms. The molecule has 0 saturated heterocycles. The molecule has 1 N–H and O–H groups in total. The number of thiophene rings is 1. The summed E-state index contributed by atoms with van der Waals surface area (Å²) in [6.45, 7) is 0. The number of allylic oxidation sites excluding steroid dienone is 2. The molecule has 4 heteroatoms. The van der Waals surface area contributed by atoms with Crippen molar-refractivity contribution in [1.82, 2.24) is 5.43 Å². The lowest BCUT2D eigenvalue weighted by Gasteiger charge is -2.31. The Morgan fingerprint density at radius 1 is 1.59 bits per heavy atom. The average Bonchev–Trinajstić information content (AvgIpc) is 2.89. The van der Waals surface area contributed by atoms with Gasteiger partial charge in [-0.25, -0.2) is 5.43 Å². The summed E-state index contributed by atoms with van der Waals surface area (Å²) < 4.78 is 0. The first-order valence-corrected chi connectivity index (χ1v) is 6.75. The number of amides is 1. The van der Waals surface area contributed by atoms with Gasteiger partial charge in [-0.15, -0.1) is 11.3 Å². The van der Waals surface area contributed by atoms with Gasteiger partial charge in [0, 0.05) is 16.5 Å². The number of fused-ring (bicyclic) bond motifs is 1. The van der Waals surface area contributed by atoms with E-state index in [0.717, 1.165) is 23.4 Å². The molecular formula is C13H14N2OS. The fraction of sp³-hybridized carbons (Fsp3) is 0.385. The Morgan fingerprint density at radius 3 is 3.29 bits per heavy atom. The first kappa shape index (κ1) is 10.7. The van der Waals surface area contributed by atoms with Crippen LogP contribution in [0, 0.1) is 11.8 Å². The second-order valence-electron chi connectivity index (χ2n) is 4.53. The van der Waals surface area contributed by atoms with Crippen LogP contribution in [0.1, 0.15) is 17.7 Å². The maximum atomic E-state index is 11.6. The summed E-state index contributed by atoms with van der Waals surface area (Å²) in [4.78, 5) is 12.7. The molecule has 0 bridgehead atoms. The van der Waals surface area contributed by atoms with Crippen molar-refractivity contribution in [3.05, 3.63) is 34.5 Å². The maximum Gasteiger partial charge on any atom is 0.245 e. The van der Waals surface area contributed by atoms with Crippen LogP contribution < -0.4 is 5.43 Å². The summed E-state index contributed by atoms with van der Waals surface area (Å²) in [5.41, 5.74) is 3.82. The van der Waals surface area contributed by atoms with Crippen LogP contribution in [0.5, 0.6) is 0 Å². The van der Waals surface area contributed by atoms with Crippen molar-refractivity contribution in [2.24, 2.45) is 16.9 Å². The first-order valence-electron chi connectivity index (χ1n) is 5.87. The van der Waals surface area contributed by atoms with E-state index in [1.807, 2.05) is 17.5 Å². The monoisotopic (exact) mass is 246 g/mol. The van der Waals surface area contributed by atoms with Gasteiger partial charge in [-0.2, -0.15) is 5.10 Å². The SMILES string of the molecule is O=C(Cc1cccs1)N/N=C1\CC2C=CCC12. The van der Waals surface area contributed by atoms with E-state index in [1.165, 1.54) is 0 Å². The molecule has 3 nitrogen and oxygen atoms in total. The zero-order valence-corrected chi connectivity index (χ0v) is 10.2. The lowest BCUT2D eigenvalue weighted by atomic mass is 9.74. The van der Waals surface area contributed by atoms with Gasteiger partial charge in [0.1, 0.15) is 0 Å². The van der Waals surface area contributed by atoms with Gasteiger partial charge in [0.25, 0.3) is 0 Å². The quantitative estimate of drug-likeness (QED) is 0.645. The number of nitrogens with one attached hydrogen (secondary N) is 1. The van der Waals surface area contributed by atoms with Crippen molar-refractivity contribution >= 4 is 23.0 Å². The van der Waals surface area contributed by atoms with Crippen LogP contribution in [-0.2, 0) is 11.2 Å². The van der Waals surface area contributed by atoms with Gasteiger partial charge >= 0.3 is 0 Å². The third-order valence-electron chi connectivity index (χ3n) is 3.40. The van der Waals surface area contributed by atoms with Crippen LogP contribution >= 0.6 is 11.3 Å². The molecule has 88 valence electrons. The molecule has 3 rings (SSSR count). The Bertz CT molecular complexity index is 476. The molecule has 2 aliphatic carbocycles. The Balaban J connectivity index is 1.51. The van der Waals surface area contributed by atoms with E-state index in [-0.39, 0.29) is 5.91 Å². The molecule has 0 aromatic carbocycles. The predicted octanol–water partition coefficient (Wildman–Crippen LogP) is 2.36. The minimum atomic E-state index is -0.0191. The fourth-order valence-electron chi connectivity index (χ4n) is 2.41. The predicted molar refractivity (Wildman–Crippen MR) is 69.0 cm³/mol. The van der Waals surface area contributed by atoms with Crippen molar-refractivity contribution in [3.63, 3.8) is 0 Å². The minimum absolute atomic E-state index is 0.0191. The molecule has 2 unspecified atom stereocenters. The number of hydrazone groups is 1. The van der Waals surface area contributed by atoms with Gasteiger partial charge in [-0.1, -0.05) is 18.2 Å². The highest BCUT2D eigenvalue weighted by atomic mass is 32.1. The Hall–Kier alpha value is -1.42. The van der Waals surface area contributed by atoms with E-state index >= 15 is 0 Å². The lowest BCUT2D eigenvalue weighted by molar-refractivity contribution is -0.120. The molecule has 1 heterocycles.